The van der Waals surface area contributed by atoms with Gasteiger partial charge in [0.2, 0.25) is 0 Å². The Morgan fingerprint density at radius 1 is 1.37 bits per heavy atom. The number of halogens is 2. The molecule has 1 fully saturated rings. The number of hydrogen-bond acceptors (Lipinski definition) is 4. The van der Waals surface area contributed by atoms with Gasteiger partial charge in [-0.1, -0.05) is 36.0 Å². The first kappa shape index (κ1) is 14.9. The molecule has 1 aromatic heterocycles. The molecular formula is C12H15Cl2N3OS. The zero-order valence-corrected chi connectivity index (χ0v) is 12.9. The number of amides is 1. The fourth-order valence-electron chi connectivity index (χ4n) is 2.30. The van der Waals surface area contributed by atoms with Gasteiger partial charge in [0.05, 0.1) is 5.56 Å². The molecule has 1 aliphatic carbocycles. The van der Waals surface area contributed by atoms with Crippen molar-refractivity contribution in [2.45, 2.75) is 37.0 Å². The number of carbonyl (C=O) groups is 1. The van der Waals surface area contributed by atoms with Crippen LogP contribution in [0.2, 0.25) is 10.3 Å². The third-order valence-electron chi connectivity index (χ3n) is 3.29. The number of rotatable bonds is 3. The summed E-state index contributed by atoms with van der Waals surface area (Å²) >= 11 is 13.4. The van der Waals surface area contributed by atoms with Crippen molar-refractivity contribution in [1.29, 1.82) is 0 Å². The van der Waals surface area contributed by atoms with Gasteiger partial charge in [0, 0.05) is 11.3 Å². The highest BCUT2D eigenvalue weighted by Crippen LogP contribution is 2.27. The maximum absolute atomic E-state index is 12.2. The highest BCUT2D eigenvalue weighted by atomic mass is 35.5. The molecule has 0 bridgehead atoms. The maximum atomic E-state index is 12.2. The second-order valence-corrected chi connectivity index (χ2v) is 6.33. The van der Waals surface area contributed by atoms with Gasteiger partial charge in [0.15, 0.2) is 10.3 Å². The van der Waals surface area contributed by atoms with Gasteiger partial charge in [0.1, 0.15) is 0 Å². The predicted octanol–water partition coefficient (Wildman–Crippen LogP) is 3.19. The molecule has 1 N–H and O–H groups in total. The molecule has 104 valence electrons. The van der Waals surface area contributed by atoms with Gasteiger partial charge < -0.3 is 5.32 Å². The lowest BCUT2D eigenvalue weighted by Crippen LogP contribution is -2.43. The molecular weight excluding hydrogens is 305 g/mol. The van der Waals surface area contributed by atoms with Crippen LogP contribution in [0.25, 0.3) is 0 Å². The molecule has 19 heavy (non-hydrogen) atoms. The average Bonchev–Trinajstić information content (AvgIpc) is 2.42. The number of nitrogens with zero attached hydrogens (tertiary/aromatic N) is 2. The van der Waals surface area contributed by atoms with E-state index in [9.17, 15) is 4.79 Å². The smallest absolute Gasteiger partial charge is 0.254 e. The fraction of sp³-hybridized carbons (Fsp3) is 0.583. The highest BCUT2D eigenvalue weighted by Gasteiger charge is 2.26. The van der Waals surface area contributed by atoms with Crippen molar-refractivity contribution in [2.24, 2.45) is 0 Å². The van der Waals surface area contributed by atoms with E-state index in [0.29, 0.717) is 5.25 Å². The molecule has 0 saturated heterocycles. The summed E-state index contributed by atoms with van der Waals surface area (Å²) in [4.78, 5) is 12.2. The summed E-state index contributed by atoms with van der Waals surface area (Å²) in [6.45, 7) is 0. The summed E-state index contributed by atoms with van der Waals surface area (Å²) < 4.78 is 0. The Kier molecular flexibility index (Phi) is 5.30. The van der Waals surface area contributed by atoms with E-state index in [4.69, 9.17) is 23.2 Å². The zero-order chi connectivity index (χ0) is 13.8. The first-order valence-corrected chi connectivity index (χ1v) is 8.18. The quantitative estimate of drug-likeness (QED) is 0.929. The monoisotopic (exact) mass is 319 g/mol. The second kappa shape index (κ2) is 6.77. The van der Waals surface area contributed by atoms with Crippen LogP contribution in [0.3, 0.4) is 0 Å². The van der Waals surface area contributed by atoms with Gasteiger partial charge in [-0.25, -0.2) is 0 Å². The van der Waals surface area contributed by atoms with Crippen molar-refractivity contribution in [2.75, 3.05) is 6.26 Å². The van der Waals surface area contributed by atoms with E-state index in [1.54, 1.807) is 11.8 Å². The van der Waals surface area contributed by atoms with Crippen LogP contribution in [-0.2, 0) is 0 Å². The topological polar surface area (TPSA) is 54.9 Å². The third-order valence-corrected chi connectivity index (χ3v) is 4.92. The molecule has 1 aromatic rings. The van der Waals surface area contributed by atoms with Crippen molar-refractivity contribution in [3.63, 3.8) is 0 Å². The molecule has 1 aliphatic rings. The molecule has 0 aromatic carbocycles. The van der Waals surface area contributed by atoms with E-state index in [-0.39, 0.29) is 27.8 Å². The lowest BCUT2D eigenvalue weighted by molar-refractivity contribution is 0.0929. The van der Waals surface area contributed by atoms with Crippen LogP contribution in [0.1, 0.15) is 36.0 Å². The van der Waals surface area contributed by atoms with E-state index in [2.05, 4.69) is 21.8 Å². The van der Waals surface area contributed by atoms with E-state index in [0.717, 1.165) is 19.3 Å². The Hall–Kier alpha value is -0.520. The normalized spacial score (nSPS) is 23.1. The zero-order valence-electron chi connectivity index (χ0n) is 10.5. The van der Waals surface area contributed by atoms with Crippen molar-refractivity contribution < 1.29 is 4.79 Å². The summed E-state index contributed by atoms with van der Waals surface area (Å²) in [5.41, 5.74) is 0.284. The van der Waals surface area contributed by atoms with Gasteiger partial charge in [0.25, 0.3) is 5.91 Å². The van der Waals surface area contributed by atoms with Gasteiger partial charge >= 0.3 is 0 Å². The fourth-order valence-corrected chi connectivity index (χ4v) is 3.56. The second-order valence-electron chi connectivity index (χ2n) is 4.51. The molecule has 1 amide bonds. The number of carbonyl (C=O) groups excluding carboxylic acids is 1. The van der Waals surface area contributed by atoms with Gasteiger partial charge in [-0.3, -0.25) is 4.79 Å². The molecule has 7 heteroatoms. The average molecular weight is 320 g/mol. The van der Waals surface area contributed by atoms with Crippen molar-refractivity contribution in [3.05, 3.63) is 21.9 Å². The van der Waals surface area contributed by atoms with Crippen LogP contribution < -0.4 is 5.32 Å². The molecule has 1 heterocycles. The molecule has 2 unspecified atom stereocenters. The molecule has 0 spiro atoms. The van der Waals surface area contributed by atoms with Crippen LogP contribution >= 0.6 is 35.0 Å². The highest BCUT2D eigenvalue weighted by molar-refractivity contribution is 7.99. The largest absolute Gasteiger partial charge is 0.348 e. The minimum Gasteiger partial charge on any atom is -0.348 e. The van der Waals surface area contributed by atoms with Crippen LogP contribution in [0, 0.1) is 0 Å². The molecule has 4 nitrogen and oxygen atoms in total. The summed E-state index contributed by atoms with van der Waals surface area (Å²) in [7, 11) is 0. The van der Waals surface area contributed by atoms with Crippen LogP contribution in [0.4, 0.5) is 0 Å². The summed E-state index contributed by atoms with van der Waals surface area (Å²) in [6, 6.07) is 1.63. The molecule has 1 saturated carbocycles. The Morgan fingerprint density at radius 2 is 2.11 bits per heavy atom. The van der Waals surface area contributed by atoms with Crippen molar-refractivity contribution in [1.82, 2.24) is 15.5 Å². The van der Waals surface area contributed by atoms with E-state index < -0.39 is 0 Å². The Balaban J connectivity index is 2.09. The Labute approximate surface area is 126 Å². The SMILES string of the molecule is CSC1CCCCC1NC(=O)c1cc(Cl)nnc1Cl. The molecule has 2 atom stereocenters. The minimum absolute atomic E-state index is 0.0819. The van der Waals surface area contributed by atoms with Crippen molar-refractivity contribution >= 4 is 40.9 Å². The summed E-state index contributed by atoms with van der Waals surface area (Å²) in [6.07, 6.45) is 6.58. The lowest BCUT2D eigenvalue weighted by Gasteiger charge is -2.30. The predicted molar refractivity (Wildman–Crippen MR) is 79.1 cm³/mol. The Morgan fingerprint density at radius 3 is 2.84 bits per heavy atom. The minimum atomic E-state index is -0.229. The summed E-state index contributed by atoms with van der Waals surface area (Å²) in [5, 5.41) is 11.0. The van der Waals surface area contributed by atoms with Crippen LogP contribution in [-0.4, -0.2) is 33.7 Å². The van der Waals surface area contributed by atoms with Gasteiger partial charge in [-0.15, -0.1) is 10.2 Å². The number of hydrogen-bond donors (Lipinski definition) is 1. The van der Waals surface area contributed by atoms with Crippen LogP contribution in [0.5, 0.6) is 0 Å². The maximum Gasteiger partial charge on any atom is 0.254 e. The van der Waals surface area contributed by atoms with E-state index >= 15 is 0 Å². The van der Waals surface area contributed by atoms with Gasteiger partial charge in [-0.2, -0.15) is 11.8 Å². The van der Waals surface area contributed by atoms with Gasteiger partial charge in [-0.05, 0) is 25.2 Å². The first-order chi connectivity index (χ1) is 9.11. The third kappa shape index (κ3) is 3.74. The molecule has 0 aliphatic heterocycles. The van der Waals surface area contributed by atoms with E-state index in [1.165, 1.54) is 12.5 Å². The van der Waals surface area contributed by atoms with Crippen LogP contribution in [0.15, 0.2) is 6.07 Å². The summed E-state index contributed by atoms with van der Waals surface area (Å²) in [5.74, 6) is -0.229. The van der Waals surface area contributed by atoms with E-state index in [1.807, 2.05) is 0 Å². The lowest BCUT2D eigenvalue weighted by atomic mass is 9.94. The molecule has 2 rings (SSSR count). The number of thioether (sulfide) groups is 1. The Bertz CT molecular complexity index is 472. The number of nitrogens with one attached hydrogen (secondary N) is 1. The van der Waals surface area contributed by atoms with Crippen molar-refractivity contribution in [3.8, 4) is 0 Å². The first-order valence-electron chi connectivity index (χ1n) is 6.14. The number of aromatic nitrogens is 2. The standard InChI is InChI=1S/C12H15Cl2N3OS/c1-19-9-5-3-2-4-8(9)15-12(18)7-6-10(13)16-17-11(7)14/h6,8-9H,2-5H2,1H3,(H,15,18). The molecule has 0 radical (unpaired) electrons.